The summed E-state index contributed by atoms with van der Waals surface area (Å²) in [5.74, 6) is 0. The van der Waals surface area contributed by atoms with Crippen molar-refractivity contribution in [2.45, 2.75) is 77.7 Å². The molecule has 0 aliphatic heterocycles. The van der Waals surface area contributed by atoms with E-state index in [4.69, 9.17) is 0 Å². The third-order valence-electron chi connectivity index (χ3n) is 3.45. The molecule has 2 nitrogen and oxygen atoms in total. The Morgan fingerprint density at radius 3 is 1.94 bits per heavy atom. The molecule has 0 aromatic heterocycles. The highest BCUT2D eigenvalue weighted by Gasteiger charge is 2.06. The minimum absolute atomic E-state index is 0.125. The largest absolute Gasteiger partial charge is 0.392 e. The van der Waals surface area contributed by atoms with Crippen LogP contribution in [-0.4, -0.2) is 36.2 Å². The molecule has 0 radical (unpaired) electrons. The molecule has 0 aliphatic rings. The fraction of sp³-hybridized carbons (Fsp3) is 1.00. The maximum Gasteiger partial charge on any atom is 0.0667 e. The monoisotopic (exact) mass is 243 g/mol. The minimum Gasteiger partial charge on any atom is -0.392 e. The smallest absolute Gasteiger partial charge is 0.0667 e. The molecule has 0 saturated heterocycles. The van der Waals surface area contributed by atoms with Crippen LogP contribution in [0.4, 0.5) is 0 Å². The van der Waals surface area contributed by atoms with Gasteiger partial charge in [0.1, 0.15) is 0 Å². The molecule has 0 rings (SSSR count). The Bertz CT molecular complexity index is 150. The first-order valence-electron chi connectivity index (χ1n) is 7.57. The van der Waals surface area contributed by atoms with Crippen molar-refractivity contribution >= 4 is 0 Å². The van der Waals surface area contributed by atoms with Crippen LogP contribution in [-0.2, 0) is 0 Å². The molecule has 0 heterocycles. The average molecular weight is 243 g/mol. The van der Waals surface area contributed by atoms with E-state index in [2.05, 4.69) is 25.8 Å². The molecular weight excluding hydrogens is 210 g/mol. The highest BCUT2D eigenvalue weighted by Crippen LogP contribution is 2.10. The van der Waals surface area contributed by atoms with Gasteiger partial charge in [-0.05, 0) is 20.0 Å². The standard InChI is InChI=1S/C15H33NO/c1-4-6-7-8-9-10-11-12-13-15(17)14-16(3)5-2/h15,17H,4-14H2,1-3H3. The first-order chi connectivity index (χ1) is 8.20. The van der Waals surface area contributed by atoms with E-state index in [-0.39, 0.29) is 6.10 Å². The number of unbranched alkanes of at least 4 members (excludes halogenated alkanes) is 7. The maximum atomic E-state index is 9.78. The van der Waals surface area contributed by atoms with Gasteiger partial charge in [0.05, 0.1) is 6.10 Å². The van der Waals surface area contributed by atoms with Crippen molar-refractivity contribution in [2.24, 2.45) is 0 Å². The predicted octanol–water partition coefficient (Wildman–Crippen LogP) is 3.83. The second-order valence-electron chi connectivity index (χ2n) is 5.27. The van der Waals surface area contributed by atoms with Gasteiger partial charge in [-0.15, -0.1) is 0 Å². The van der Waals surface area contributed by atoms with E-state index in [1.165, 1.54) is 51.4 Å². The van der Waals surface area contributed by atoms with Gasteiger partial charge in [-0.25, -0.2) is 0 Å². The summed E-state index contributed by atoms with van der Waals surface area (Å²) in [4.78, 5) is 2.18. The van der Waals surface area contributed by atoms with Gasteiger partial charge < -0.3 is 10.0 Å². The fourth-order valence-corrected chi connectivity index (χ4v) is 2.09. The molecule has 0 aromatic carbocycles. The molecule has 0 amide bonds. The lowest BCUT2D eigenvalue weighted by atomic mass is 10.1. The van der Waals surface area contributed by atoms with Gasteiger partial charge in [-0.1, -0.05) is 65.2 Å². The first kappa shape index (κ1) is 16.9. The van der Waals surface area contributed by atoms with Crippen molar-refractivity contribution in [3.8, 4) is 0 Å². The van der Waals surface area contributed by atoms with E-state index in [1.54, 1.807) is 0 Å². The third kappa shape index (κ3) is 12.2. The lowest BCUT2D eigenvalue weighted by Gasteiger charge is -2.18. The molecule has 1 N–H and O–H groups in total. The zero-order valence-corrected chi connectivity index (χ0v) is 12.2. The van der Waals surface area contributed by atoms with Crippen LogP contribution in [0.3, 0.4) is 0 Å². The molecule has 0 saturated carbocycles. The summed E-state index contributed by atoms with van der Waals surface area (Å²) < 4.78 is 0. The number of hydrogen-bond donors (Lipinski definition) is 1. The van der Waals surface area contributed by atoms with E-state index >= 15 is 0 Å². The lowest BCUT2D eigenvalue weighted by Crippen LogP contribution is -2.28. The first-order valence-corrected chi connectivity index (χ1v) is 7.57. The Morgan fingerprint density at radius 2 is 1.41 bits per heavy atom. The maximum absolute atomic E-state index is 9.78. The normalized spacial score (nSPS) is 13.2. The van der Waals surface area contributed by atoms with Gasteiger partial charge in [-0.3, -0.25) is 0 Å². The Balaban J connectivity index is 3.16. The van der Waals surface area contributed by atoms with Crippen molar-refractivity contribution in [2.75, 3.05) is 20.1 Å². The second kappa shape index (κ2) is 12.4. The summed E-state index contributed by atoms with van der Waals surface area (Å²) in [5, 5.41) is 9.78. The van der Waals surface area contributed by atoms with Crippen LogP contribution >= 0.6 is 0 Å². The van der Waals surface area contributed by atoms with Gasteiger partial charge in [-0.2, -0.15) is 0 Å². The summed E-state index contributed by atoms with van der Waals surface area (Å²) in [6, 6.07) is 0. The molecule has 0 aromatic rings. The van der Waals surface area contributed by atoms with Crippen molar-refractivity contribution < 1.29 is 5.11 Å². The molecule has 104 valence electrons. The molecule has 2 heteroatoms. The van der Waals surface area contributed by atoms with E-state index in [0.717, 1.165) is 19.5 Å². The predicted molar refractivity (Wildman–Crippen MR) is 76.4 cm³/mol. The molecular formula is C15H33NO. The summed E-state index contributed by atoms with van der Waals surface area (Å²) in [6.45, 7) is 6.24. The van der Waals surface area contributed by atoms with E-state index < -0.39 is 0 Å². The summed E-state index contributed by atoms with van der Waals surface area (Å²) in [5.41, 5.74) is 0. The van der Waals surface area contributed by atoms with Gasteiger partial charge in [0.25, 0.3) is 0 Å². The molecule has 17 heavy (non-hydrogen) atoms. The lowest BCUT2D eigenvalue weighted by molar-refractivity contribution is 0.117. The molecule has 0 fully saturated rings. The van der Waals surface area contributed by atoms with Gasteiger partial charge in [0.15, 0.2) is 0 Å². The van der Waals surface area contributed by atoms with E-state index in [1.807, 2.05) is 0 Å². The molecule has 0 bridgehead atoms. The van der Waals surface area contributed by atoms with E-state index in [9.17, 15) is 5.11 Å². The van der Waals surface area contributed by atoms with Crippen molar-refractivity contribution in [3.05, 3.63) is 0 Å². The van der Waals surface area contributed by atoms with Crippen LogP contribution in [0.15, 0.2) is 0 Å². The van der Waals surface area contributed by atoms with Crippen LogP contribution < -0.4 is 0 Å². The zero-order valence-electron chi connectivity index (χ0n) is 12.2. The number of aliphatic hydroxyl groups is 1. The highest BCUT2D eigenvalue weighted by atomic mass is 16.3. The van der Waals surface area contributed by atoms with Crippen molar-refractivity contribution in [3.63, 3.8) is 0 Å². The van der Waals surface area contributed by atoms with Crippen molar-refractivity contribution in [1.29, 1.82) is 0 Å². The van der Waals surface area contributed by atoms with Gasteiger partial charge in [0, 0.05) is 6.54 Å². The van der Waals surface area contributed by atoms with Crippen LogP contribution in [0.1, 0.15) is 71.6 Å². The van der Waals surface area contributed by atoms with Crippen LogP contribution in [0.5, 0.6) is 0 Å². The topological polar surface area (TPSA) is 23.5 Å². The molecule has 0 aliphatic carbocycles. The van der Waals surface area contributed by atoms with Gasteiger partial charge in [0.2, 0.25) is 0 Å². The molecule has 1 atom stereocenters. The zero-order chi connectivity index (χ0) is 12.9. The Labute approximate surface area is 108 Å². The SMILES string of the molecule is CCCCCCCCCCC(O)CN(C)CC. The molecule has 0 spiro atoms. The summed E-state index contributed by atoms with van der Waals surface area (Å²) in [7, 11) is 2.07. The Kier molecular flexibility index (Phi) is 12.3. The third-order valence-corrected chi connectivity index (χ3v) is 3.45. The number of aliphatic hydroxyl groups excluding tert-OH is 1. The second-order valence-corrected chi connectivity index (χ2v) is 5.27. The minimum atomic E-state index is -0.125. The van der Waals surface area contributed by atoms with Crippen molar-refractivity contribution in [1.82, 2.24) is 4.90 Å². The van der Waals surface area contributed by atoms with E-state index in [0.29, 0.717) is 0 Å². The van der Waals surface area contributed by atoms with Gasteiger partial charge >= 0.3 is 0 Å². The number of hydrogen-bond acceptors (Lipinski definition) is 2. The Hall–Kier alpha value is -0.0800. The average Bonchev–Trinajstić information content (AvgIpc) is 2.32. The fourth-order valence-electron chi connectivity index (χ4n) is 2.09. The quantitative estimate of drug-likeness (QED) is 0.527. The van der Waals surface area contributed by atoms with Crippen LogP contribution in [0.2, 0.25) is 0 Å². The number of likely N-dealkylation sites (N-methyl/N-ethyl adjacent to an activating group) is 1. The number of nitrogens with zero attached hydrogens (tertiary/aromatic N) is 1. The van der Waals surface area contributed by atoms with Crippen LogP contribution in [0.25, 0.3) is 0 Å². The summed E-state index contributed by atoms with van der Waals surface area (Å²) in [6.07, 6.45) is 11.6. The molecule has 1 unspecified atom stereocenters. The summed E-state index contributed by atoms with van der Waals surface area (Å²) >= 11 is 0. The Morgan fingerprint density at radius 1 is 0.882 bits per heavy atom. The highest BCUT2D eigenvalue weighted by molar-refractivity contribution is 4.60. The number of rotatable bonds is 12. The van der Waals surface area contributed by atoms with Crippen LogP contribution in [0, 0.1) is 0 Å².